The van der Waals surface area contributed by atoms with Crippen LogP contribution in [0.5, 0.6) is 0 Å². The summed E-state index contributed by atoms with van der Waals surface area (Å²) >= 11 is 5.85. The Kier molecular flexibility index (Phi) is 5.02. The first kappa shape index (κ1) is 13.4. The monoisotopic (exact) mass is 266 g/mol. The highest BCUT2D eigenvalue weighted by Gasteiger charge is 2.12. The number of benzene rings is 1. The fourth-order valence-electron chi connectivity index (χ4n) is 2.34. The van der Waals surface area contributed by atoms with Crippen molar-refractivity contribution in [3.05, 3.63) is 34.9 Å². The second-order valence-electron chi connectivity index (χ2n) is 4.71. The van der Waals surface area contributed by atoms with Crippen LogP contribution in [-0.4, -0.2) is 35.5 Å². The number of nitrogens with zero attached hydrogens (tertiary/aromatic N) is 2. The minimum atomic E-state index is 0.701. The number of oxime groups is 1. The first-order valence-electron chi connectivity index (χ1n) is 6.49. The van der Waals surface area contributed by atoms with Crippen molar-refractivity contribution in [2.75, 3.05) is 19.6 Å². The van der Waals surface area contributed by atoms with E-state index in [2.05, 4.69) is 10.1 Å². The van der Waals surface area contributed by atoms with Gasteiger partial charge in [-0.25, -0.2) is 0 Å². The van der Waals surface area contributed by atoms with Gasteiger partial charge in [0.2, 0.25) is 0 Å². The Bertz CT molecular complexity index is 397. The summed E-state index contributed by atoms with van der Waals surface area (Å²) in [6.45, 7) is 3.29. The molecule has 1 aromatic carbocycles. The van der Waals surface area contributed by atoms with E-state index < -0.39 is 0 Å². The summed E-state index contributed by atoms with van der Waals surface area (Å²) in [6.07, 6.45) is 4.69. The molecule has 0 bridgehead atoms. The molecule has 2 rings (SSSR count). The van der Waals surface area contributed by atoms with Crippen LogP contribution in [0, 0.1) is 0 Å². The molecule has 1 aromatic rings. The van der Waals surface area contributed by atoms with Crippen LogP contribution in [0.4, 0.5) is 0 Å². The zero-order chi connectivity index (χ0) is 12.8. The van der Waals surface area contributed by atoms with Crippen LogP contribution in [0.15, 0.2) is 29.4 Å². The van der Waals surface area contributed by atoms with Crippen molar-refractivity contribution in [3.63, 3.8) is 0 Å². The van der Waals surface area contributed by atoms with Crippen molar-refractivity contribution >= 4 is 17.3 Å². The predicted molar refractivity (Wildman–Crippen MR) is 74.7 cm³/mol. The lowest BCUT2D eigenvalue weighted by atomic mass is 10.1. The van der Waals surface area contributed by atoms with E-state index in [0.717, 1.165) is 24.2 Å². The smallest absolute Gasteiger partial charge is 0.0880 e. The SMILES string of the molecule is ON=C(CCN1CCCCC1)c1ccc(Cl)cc1. The van der Waals surface area contributed by atoms with E-state index in [1.54, 1.807) is 0 Å². The molecule has 3 nitrogen and oxygen atoms in total. The Balaban J connectivity index is 1.91. The largest absolute Gasteiger partial charge is 0.411 e. The highest BCUT2D eigenvalue weighted by Crippen LogP contribution is 2.13. The summed E-state index contributed by atoms with van der Waals surface area (Å²) in [6, 6.07) is 7.44. The molecule has 0 spiro atoms. The Labute approximate surface area is 113 Å². The van der Waals surface area contributed by atoms with Gasteiger partial charge >= 0.3 is 0 Å². The quantitative estimate of drug-likeness (QED) is 0.515. The molecule has 4 heteroatoms. The van der Waals surface area contributed by atoms with Gasteiger partial charge in [-0.2, -0.15) is 0 Å². The summed E-state index contributed by atoms with van der Waals surface area (Å²) < 4.78 is 0. The van der Waals surface area contributed by atoms with Crippen LogP contribution >= 0.6 is 11.6 Å². The summed E-state index contributed by atoms with van der Waals surface area (Å²) in [5.74, 6) is 0. The van der Waals surface area contributed by atoms with Crippen molar-refractivity contribution in [2.24, 2.45) is 5.16 Å². The van der Waals surface area contributed by atoms with E-state index in [-0.39, 0.29) is 0 Å². The molecule has 0 aliphatic carbocycles. The third kappa shape index (κ3) is 3.72. The first-order chi connectivity index (χ1) is 8.79. The van der Waals surface area contributed by atoms with Gasteiger partial charge in [-0.05, 0) is 43.6 Å². The Hall–Kier alpha value is -1.06. The highest BCUT2D eigenvalue weighted by atomic mass is 35.5. The highest BCUT2D eigenvalue weighted by molar-refractivity contribution is 6.30. The summed E-state index contributed by atoms with van der Waals surface area (Å²) in [5, 5.41) is 13.2. The van der Waals surface area contributed by atoms with Crippen molar-refractivity contribution in [2.45, 2.75) is 25.7 Å². The van der Waals surface area contributed by atoms with Gasteiger partial charge in [0.05, 0.1) is 5.71 Å². The van der Waals surface area contributed by atoms with Crippen LogP contribution in [0.3, 0.4) is 0 Å². The lowest BCUT2D eigenvalue weighted by Gasteiger charge is -2.26. The number of hydrogen-bond acceptors (Lipinski definition) is 3. The molecule has 1 fully saturated rings. The van der Waals surface area contributed by atoms with E-state index in [0.29, 0.717) is 5.02 Å². The molecule has 0 radical (unpaired) electrons. The molecule has 1 aliphatic heterocycles. The van der Waals surface area contributed by atoms with Crippen molar-refractivity contribution in [1.82, 2.24) is 4.90 Å². The number of hydrogen-bond donors (Lipinski definition) is 1. The van der Waals surface area contributed by atoms with E-state index in [1.807, 2.05) is 24.3 Å². The number of likely N-dealkylation sites (tertiary alicyclic amines) is 1. The Morgan fingerprint density at radius 1 is 1.17 bits per heavy atom. The van der Waals surface area contributed by atoms with Gasteiger partial charge in [0, 0.05) is 18.0 Å². The molecule has 0 aromatic heterocycles. The minimum absolute atomic E-state index is 0.701. The molecule has 1 saturated heterocycles. The Morgan fingerprint density at radius 3 is 2.44 bits per heavy atom. The third-order valence-corrected chi connectivity index (χ3v) is 3.66. The fourth-order valence-corrected chi connectivity index (χ4v) is 2.47. The molecular formula is C14H19ClN2O. The first-order valence-corrected chi connectivity index (χ1v) is 6.86. The Morgan fingerprint density at radius 2 is 1.83 bits per heavy atom. The van der Waals surface area contributed by atoms with E-state index in [9.17, 15) is 0 Å². The van der Waals surface area contributed by atoms with Crippen LogP contribution in [0.2, 0.25) is 5.02 Å². The normalized spacial score (nSPS) is 17.9. The maximum Gasteiger partial charge on any atom is 0.0880 e. The van der Waals surface area contributed by atoms with Gasteiger partial charge in [0.15, 0.2) is 0 Å². The molecule has 1 N–H and O–H groups in total. The van der Waals surface area contributed by atoms with Gasteiger partial charge in [-0.15, -0.1) is 0 Å². The van der Waals surface area contributed by atoms with Gasteiger partial charge in [-0.3, -0.25) is 0 Å². The topological polar surface area (TPSA) is 35.8 Å². The van der Waals surface area contributed by atoms with Crippen LogP contribution in [-0.2, 0) is 0 Å². The number of halogens is 1. The molecule has 0 amide bonds. The third-order valence-electron chi connectivity index (χ3n) is 3.41. The van der Waals surface area contributed by atoms with Crippen LogP contribution in [0.25, 0.3) is 0 Å². The van der Waals surface area contributed by atoms with Crippen molar-refractivity contribution < 1.29 is 5.21 Å². The molecule has 0 saturated carbocycles. The van der Waals surface area contributed by atoms with Crippen molar-refractivity contribution in [3.8, 4) is 0 Å². The molecule has 0 unspecified atom stereocenters. The van der Waals surface area contributed by atoms with E-state index in [4.69, 9.17) is 16.8 Å². The zero-order valence-corrected chi connectivity index (χ0v) is 11.2. The van der Waals surface area contributed by atoms with Gasteiger partial charge in [-0.1, -0.05) is 35.3 Å². The maximum absolute atomic E-state index is 9.11. The van der Waals surface area contributed by atoms with Crippen LogP contribution in [0.1, 0.15) is 31.2 Å². The predicted octanol–water partition coefficient (Wildman–Crippen LogP) is 3.39. The van der Waals surface area contributed by atoms with Gasteiger partial charge in [0.25, 0.3) is 0 Å². The molecule has 1 aliphatic rings. The van der Waals surface area contributed by atoms with Gasteiger partial charge < -0.3 is 10.1 Å². The summed E-state index contributed by atoms with van der Waals surface area (Å²) in [7, 11) is 0. The zero-order valence-electron chi connectivity index (χ0n) is 10.5. The second-order valence-corrected chi connectivity index (χ2v) is 5.14. The molecule has 1 heterocycles. The fraction of sp³-hybridized carbons (Fsp3) is 0.500. The summed E-state index contributed by atoms with van der Waals surface area (Å²) in [5.41, 5.74) is 1.68. The standard InChI is InChI=1S/C14H19ClN2O/c15-13-6-4-12(5-7-13)14(16-18)8-11-17-9-2-1-3-10-17/h4-7,18H,1-3,8-11H2. The van der Waals surface area contributed by atoms with Gasteiger partial charge in [0.1, 0.15) is 0 Å². The number of piperidine rings is 1. The minimum Gasteiger partial charge on any atom is -0.411 e. The lowest BCUT2D eigenvalue weighted by molar-refractivity contribution is 0.233. The van der Waals surface area contributed by atoms with Crippen LogP contribution < -0.4 is 0 Å². The molecular weight excluding hydrogens is 248 g/mol. The van der Waals surface area contributed by atoms with E-state index >= 15 is 0 Å². The van der Waals surface area contributed by atoms with E-state index in [1.165, 1.54) is 32.4 Å². The number of rotatable bonds is 4. The van der Waals surface area contributed by atoms with Crippen molar-refractivity contribution in [1.29, 1.82) is 0 Å². The molecule has 0 atom stereocenters. The summed E-state index contributed by atoms with van der Waals surface area (Å²) in [4.78, 5) is 2.44. The maximum atomic E-state index is 9.11. The average molecular weight is 267 g/mol. The second kappa shape index (κ2) is 6.76. The molecule has 18 heavy (non-hydrogen) atoms. The average Bonchev–Trinajstić information content (AvgIpc) is 2.42. The molecule has 98 valence electrons. The lowest BCUT2D eigenvalue weighted by Crippen LogP contribution is -2.31.